The maximum Gasteiger partial charge on any atom is 0.338 e. The fourth-order valence-electron chi connectivity index (χ4n) is 3.36. The minimum atomic E-state index is -0.317. The molecule has 4 nitrogen and oxygen atoms in total. The van der Waals surface area contributed by atoms with Crippen molar-refractivity contribution in [3.63, 3.8) is 0 Å². The molecule has 0 heterocycles. The topological polar surface area (TPSA) is 50.4 Å². The summed E-state index contributed by atoms with van der Waals surface area (Å²) < 4.78 is 5.11. The molecule has 0 aliphatic heterocycles. The molecule has 150 valence electrons. The van der Waals surface area contributed by atoms with E-state index in [-0.39, 0.29) is 5.97 Å². The zero-order valence-corrected chi connectivity index (χ0v) is 17.6. The first-order valence-electron chi connectivity index (χ1n) is 9.88. The summed E-state index contributed by atoms with van der Waals surface area (Å²) in [5, 5.41) is 9.57. The van der Waals surface area contributed by atoms with Crippen LogP contribution < -0.4 is 10.6 Å². The molecule has 0 spiro atoms. The van der Waals surface area contributed by atoms with E-state index >= 15 is 0 Å². The van der Waals surface area contributed by atoms with E-state index in [0.717, 1.165) is 30.6 Å². The number of esters is 1. The number of nitrogens with one attached hydrogen (secondary N) is 2. The predicted octanol–water partition coefficient (Wildman–Crippen LogP) is 5.24. The fraction of sp³-hybridized carbons (Fsp3) is 0.250. The molecule has 0 aromatic heterocycles. The van der Waals surface area contributed by atoms with Crippen LogP contribution in [-0.4, -0.2) is 24.2 Å². The van der Waals surface area contributed by atoms with E-state index in [0.29, 0.717) is 17.3 Å². The number of hydrogen-bond acceptors (Lipinski definition) is 3. The first-order valence-corrected chi connectivity index (χ1v) is 10.3. The molecule has 0 fully saturated rings. The largest absolute Gasteiger partial charge is 0.462 e. The third-order valence-corrected chi connectivity index (χ3v) is 5.11. The highest BCUT2D eigenvalue weighted by atomic mass is 32.1. The van der Waals surface area contributed by atoms with Crippen molar-refractivity contribution in [2.75, 3.05) is 18.5 Å². The molecule has 2 N–H and O–H groups in total. The number of carbonyl (C=O) groups is 1. The molecule has 0 aliphatic rings. The van der Waals surface area contributed by atoms with E-state index in [2.05, 4.69) is 53.1 Å². The van der Waals surface area contributed by atoms with Gasteiger partial charge in [-0.1, -0.05) is 48.5 Å². The number of anilines is 1. The molecule has 0 unspecified atom stereocenters. The Bertz CT molecular complexity index is 1010. The number of fused-ring (bicyclic) bond motifs is 1. The summed E-state index contributed by atoms with van der Waals surface area (Å²) in [5.41, 5.74) is 3.53. The van der Waals surface area contributed by atoms with Gasteiger partial charge >= 0.3 is 5.97 Å². The highest BCUT2D eigenvalue weighted by molar-refractivity contribution is 7.80. The molecule has 0 saturated carbocycles. The van der Waals surface area contributed by atoms with E-state index in [4.69, 9.17) is 17.0 Å². The van der Waals surface area contributed by atoms with Crippen LogP contribution >= 0.6 is 12.2 Å². The zero-order valence-electron chi connectivity index (χ0n) is 16.8. The van der Waals surface area contributed by atoms with Crippen molar-refractivity contribution in [3.8, 4) is 0 Å². The summed E-state index contributed by atoms with van der Waals surface area (Å²) in [6.07, 6.45) is 1.95. The SMILES string of the molecule is CCOC(=O)c1cccc(NC(=S)NCCCc2cccc3ccccc23)c1C. The smallest absolute Gasteiger partial charge is 0.338 e. The Labute approximate surface area is 177 Å². The number of aryl methyl sites for hydroxylation is 1. The number of ether oxygens (including phenoxy) is 1. The molecule has 3 aromatic carbocycles. The highest BCUT2D eigenvalue weighted by Gasteiger charge is 2.13. The van der Waals surface area contributed by atoms with Crippen molar-refractivity contribution < 1.29 is 9.53 Å². The maximum absolute atomic E-state index is 12.0. The van der Waals surface area contributed by atoms with Gasteiger partial charge in [0.25, 0.3) is 0 Å². The Balaban J connectivity index is 1.53. The molecule has 5 heteroatoms. The molecule has 29 heavy (non-hydrogen) atoms. The average Bonchev–Trinajstić information content (AvgIpc) is 2.73. The van der Waals surface area contributed by atoms with Crippen LogP contribution in [0.3, 0.4) is 0 Å². The second-order valence-corrected chi connectivity index (χ2v) is 7.23. The van der Waals surface area contributed by atoms with Gasteiger partial charge in [-0.25, -0.2) is 4.79 Å². The average molecular weight is 407 g/mol. The molecular weight excluding hydrogens is 380 g/mol. The monoisotopic (exact) mass is 406 g/mol. The molecule has 3 rings (SSSR count). The van der Waals surface area contributed by atoms with Gasteiger partial charge in [0.1, 0.15) is 0 Å². The van der Waals surface area contributed by atoms with Gasteiger partial charge in [0.15, 0.2) is 5.11 Å². The lowest BCUT2D eigenvalue weighted by atomic mass is 10.0. The molecule has 0 saturated heterocycles. The Morgan fingerprint density at radius 2 is 1.79 bits per heavy atom. The van der Waals surface area contributed by atoms with Gasteiger partial charge in [-0.15, -0.1) is 0 Å². The summed E-state index contributed by atoms with van der Waals surface area (Å²) in [4.78, 5) is 12.0. The summed E-state index contributed by atoms with van der Waals surface area (Å²) in [6.45, 7) is 4.81. The van der Waals surface area contributed by atoms with Gasteiger partial charge in [-0.05, 0) is 72.9 Å². The van der Waals surface area contributed by atoms with Crippen LogP contribution in [0.25, 0.3) is 10.8 Å². The van der Waals surface area contributed by atoms with Crippen LogP contribution in [0.15, 0.2) is 60.7 Å². The van der Waals surface area contributed by atoms with Crippen molar-refractivity contribution in [2.24, 2.45) is 0 Å². The minimum absolute atomic E-state index is 0.317. The van der Waals surface area contributed by atoms with Crippen LogP contribution in [0.2, 0.25) is 0 Å². The van der Waals surface area contributed by atoms with E-state index in [1.165, 1.54) is 16.3 Å². The second kappa shape index (κ2) is 10.0. The first kappa shape index (κ1) is 20.8. The summed E-state index contributed by atoms with van der Waals surface area (Å²) in [7, 11) is 0. The third kappa shape index (κ3) is 5.33. The Morgan fingerprint density at radius 1 is 1.03 bits per heavy atom. The van der Waals surface area contributed by atoms with Crippen molar-refractivity contribution >= 4 is 39.8 Å². The molecule has 0 atom stereocenters. The Kier molecular flexibility index (Phi) is 7.19. The van der Waals surface area contributed by atoms with Crippen molar-refractivity contribution in [2.45, 2.75) is 26.7 Å². The lowest BCUT2D eigenvalue weighted by Gasteiger charge is -2.14. The second-order valence-electron chi connectivity index (χ2n) is 6.82. The van der Waals surface area contributed by atoms with E-state index in [1.54, 1.807) is 13.0 Å². The van der Waals surface area contributed by atoms with Gasteiger partial charge in [0.05, 0.1) is 12.2 Å². The molecule has 0 amide bonds. The van der Waals surface area contributed by atoms with Crippen LogP contribution in [0.1, 0.15) is 34.8 Å². The minimum Gasteiger partial charge on any atom is -0.462 e. The number of hydrogen-bond donors (Lipinski definition) is 2. The van der Waals surface area contributed by atoms with Gasteiger partial charge < -0.3 is 15.4 Å². The molecule has 3 aromatic rings. The molecule has 0 radical (unpaired) electrons. The highest BCUT2D eigenvalue weighted by Crippen LogP contribution is 2.21. The molecular formula is C24H26N2O2S. The number of rotatable bonds is 7. The van der Waals surface area contributed by atoms with Gasteiger partial charge in [-0.2, -0.15) is 0 Å². The fourth-order valence-corrected chi connectivity index (χ4v) is 3.57. The van der Waals surface area contributed by atoms with Gasteiger partial charge in [0.2, 0.25) is 0 Å². The zero-order chi connectivity index (χ0) is 20.6. The van der Waals surface area contributed by atoms with E-state index in [1.807, 2.05) is 19.1 Å². The molecule has 0 aliphatic carbocycles. The van der Waals surface area contributed by atoms with Crippen LogP contribution in [-0.2, 0) is 11.2 Å². The van der Waals surface area contributed by atoms with Gasteiger partial charge in [-0.3, -0.25) is 0 Å². The van der Waals surface area contributed by atoms with Crippen molar-refractivity contribution in [1.82, 2.24) is 5.32 Å². The number of benzene rings is 3. The molecule has 0 bridgehead atoms. The summed E-state index contributed by atoms with van der Waals surface area (Å²) in [6, 6.07) is 20.4. The lowest BCUT2D eigenvalue weighted by Crippen LogP contribution is -2.30. The quantitative estimate of drug-likeness (QED) is 0.319. The van der Waals surface area contributed by atoms with Crippen molar-refractivity contribution in [3.05, 3.63) is 77.4 Å². The number of thiocarbonyl (C=S) groups is 1. The lowest BCUT2D eigenvalue weighted by molar-refractivity contribution is 0.0525. The maximum atomic E-state index is 12.0. The van der Waals surface area contributed by atoms with Crippen LogP contribution in [0.5, 0.6) is 0 Å². The standard InChI is InChI=1S/C24H26N2O2S/c1-3-28-23(27)20-14-7-15-22(17(20)2)26-24(29)25-16-8-12-19-11-6-10-18-9-4-5-13-21(18)19/h4-7,9-11,13-15H,3,8,12,16H2,1-2H3,(H2,25,26,29). The van der Waals surface area contributed by atoms with E-state index in [9.17, 15) is 4.79 Å². The predicted molar refractivity (Wildman–Crippen MR) is 124 cm³/mol. The Hall–Kier alpha value is -2.92. The van der Waals surface area contributed by atoms with Gasteiger partial charge in [0, 0.05) is 12.2 Å². The third-order valence-electron chi connectivity index (χ3n) is 4.87. The summed E-state index contributed by atoms with van der Waals surface area (Å²) in [5.74, 6) is -0.317. The Morgan fingerprint density at radius 3 is 2.62 bits per heavy atom. The van der Waals surface area contributed by atoms with Crippen molar-refractivity contribution in [1.29, 1.82) is 0 Å². The summed E-state index contributed by atoms with van der Waals surface area (Å²) >= 11 is 5.42. The number of carbonyl (C=O) groups excluding carboxylic acids is 1. The van der Waals surface area contributed by atoms with Crippen LogP contribution in [0, 0.1) is 6.92 Å². The first-order chi connectivity index (χ1) is 14.1. The van der Waals surface area contributed by atoms with E-state index < -0.39 is 0 Å². The normalized spacial score (nSPS) is 10.6. The van der Waals surface area contributed by atoms with Crippen LogP contribution in [0.4, 0.5) is 5.69 Å².